The average molecular weight is 453 g/mol. The van der Waals surface area contributed by atoms with Crippen molar-refractivity contribution in [1.82, 2.24) is 10.2 Å². The number of nitrogens with zero attached hydrogens (tertiary/aromatic N) is 1. The van der Waals surface area contributed by atoms with Gasteiger partial charge in [0.25, 0.3) is 0 Å². The molecule has 1 aromatic carbocycles. The number of carbonyl (C=O) groups is 1. The van der Waals surface area contributed by atoms with Gasteiger partial charge in [-0.1, -0.05) is 26.8 Å². The second-order valence-corrected chi connectivity index (χ2v) is 10.3. The van der Waals surface area contributed by atoms with Crippen LogP contribution in [-0.2, 0) is 28.7 Å². The smallest absolute Gasteiger partial charge is 0.381 e. The summed E-state index contributed by atoms with van der Waals surface area (Å²) in [6, 6.07) is 4.65. The summed E-state index contributed by atoms with van der Waals surface area (Å²) in [4.78, 5) is 15.6. The van der Waals surface area contributed by atoms with Crippen LogP contribution < -0.4 is 5.32 Å². The van der Waals surface area contributed by atoms with Crippen LogP contribution >= 0.6 is 0 Å². The number of benzene rings is 1. The molecule has 7 heteroatoms. The number of hydrogen-bond acceptors (Lipinski definition) is 3. The van der Waals surface area contributed by atoms with E-state index >= 15 is 0 Å². The van der Waals surface area contributed by atoms with E-state index in [1.807, 2.05) is 4.90 Å². The third-order valence-corrected chi connectivity index (χ3v) is 8.00. The molecule has 1 aromatic rings. The maximum atomic E-state index is 13.8. The number of alkyl halides is 3. The fourth-order valence-electron chi connectivity index (χ4n) is 5.84. The molecule has 2 fully saturated rings. The minimum absolute atomic E-state index is 0.111. The molecule has 0 radical (unpaired) electrons. The summed E-state index contributed by atoms with van der Waals surface area (Å²) in [7, 11) is 0. The Bertz CT molecular complexity index is 841. The molecule has 1 N–H and O–H groups in total. The normalized spacial score (nSPS) is 31.1. The molecule has 1 aliphatic carbocycles. The minimum atomic E-state index is -4.37. The summed E-state index contributed by atoms with van der Waals surface area (Å²) >= 11 is 0. The van der Waals surface area contributed by atoms with Crippen molar-refractivity contribution >= 4 is 5.91 Å². The highest BCUT2D eigenvalue weighted by atomic mass is 19.4. The van der Waals surface area contributed by atoms with Gasteiger partial charge in [-0.15, -0.1) is 0 Å². The van der Waals surface area contributed by atoms with Crippen LogP contribution in [0.1, 0.15) is 63.1 Å². The van der Waals surface area contributed by atoms with Crippen molar-refractivity contribution in [2.75, 3.05) is 19.8 Å². The summed E-state index contributed by atoms with van der Waals surface area (Å²) < 4.78 is 45.1. The molecule has 4 rings (SSSR count). The lowest BCUT2D eigenvalue weighted by atomic mass is 9.73. The molecule has 2 aliphatic heterocycles. The Hall–Kier alpha value is -1.60. The summed E-state index contributed by atoms with van der Waals surface area (Å²) in [5.41, 5.74) is 0.451. The van der Waals surface area contributed by atoms with Crippen LogP contribution in [0.2, 0.25) is 0 Å². The number of fused-ring (bicyclic) bond motifs is 1. The molecule has 32 heavy (non-hydrogen) atoms. The highest BCUT2D eigenvalue weighted by molar-refractivity contribution is 5.84. The van der Waals surface area contributed by atoms with Gasteiger partial charge in [0.15, 0.2) is 0 Å². The number of amides is 1. The molecule has 1 amide bonds. The van der Waals surface area contributed by atoms with Crippen molar-refractivity contribution in [2.45, 2.75) is 77.7 Å². The highest BCUT2D eigenvalue weighted by Gasteiger charge is 2.50. The largest absolute Gasteiger partial charge is 0.416 e. The first-order valence-electron chi connectivity index (χ1n) is 11.9. The molecule has 0 spiro atoms. The fourth-order valence-corrected chi connectivity index (χ4v) is 5.84. The van der Waals surface area contributed by atoms with Crippen LogP contribution in [0.25, 0.3) is 0 Å². The molecule has 1 saturated carbocycles. The van der Waals surface area contributed by atoms with Gasteiger partial charge in [0.1, 0.15) is 0 Å². The van der Waals surface area contributed by atoms with Crippen molar-refractivity contribution in [3.05, 3.63) is 34.9 Å². The van der Waals surface area contributed by atoms with Crippen LogP contribution in [0.3, 0.4) is 0 Å². The van der Waals surface area contributed by atoms with Gasteiger partial charge in [-0.05, 0) is 67.2 Å². The number of rotatable bonds is 4. The van der Waals surface area contributed by atoms with Gasteiger partial charge in [-0.3, -0.25) is 4.79 Å². The van der Waals surface area contributed by atoms with Gasteiger partial charge in [0.05, 0.1) is 17.6 Å². The van der Waals surface area contributed by atoms with E-state index in [9.17, 15) is 18.0 Å². The van der Waals surface area contributed by atoms with Crippen molar-refractivity contribution in [3.63, 3.8) is 0 Å². The Balaban J connectivity index is 1.48. The molecule has 3 aliphatic rings. The lowest BCUT2D eigenvalue weighted by Crippen LogP contribution is -2.49. The van der Waals surface area contributed by atoms with Gasteiger partial charge in [-0.25, -0.2) is 0 Å². The molecular formula is C25H35F3N2O2. The predicted octanol–water partition coefficient (Wildman–Crippen LogP) is 4.80. The number of nitrogens with one attached hydrogen (secondary N) is 1. The monoisotopic (exact) mass is 452 g/mol. The molecular weight excluding hydrogens is 417 g/mol. The van der Waals surface area contributed by atoms with Crippen molar-refractivity contribution in [2.24, 2.45) is 17.3 Å². The van der Waals surface area contributed by atoms with Gasteiger partial charge < -0.3 is 15.0 Å². The maximum absolute atomic E-state index is 13.8. The van der Waals surface area contributed by atoms with E-state index in [2.05, 4.69) is 26.1 Å². The van der Waals surface area contributed by atoms with Crippen molar-refractivity contribution in [1.29, 1.82) is 0 Å². The molecule has 4 unspecified atom stereocenters. The molecule has 1 saturated heterocycles. The van der Waals surface area contributed by atoms with Gasteiger partial charge in [0.2, 0.25) is 5.91 Å². The van der Waals surface area contributed by atoms with E-state index in [1.165, 1.54) is 6.07 Å². The zero-order valence-corrected chi connectivity index (χ0v) is 19.3. The summed E-state index contributed by atoms with van der Waals surface area (Å²) in [6.07, 6.45) is -0.202. The van der Waals surface area contributed by atoms with Crippen LogP contribution in [0, 0.1) is 17.3 Å². The number of carbonyl (C=O) groups excluding carboxylic acids is 1. The van der Waals surface area contributed by atoms with Crippen LogP contribution in [0.15, 0.2) is 18.2 Å². The molecule has 0 bridgehead atoms. The molecule has 4 atom stereocenters. The van der Waals surface area contributed by atoms with E-state index in [0.717, 1.165) is 50.5 Å². The number of hydrogen-bond donors (Lipinski definition) is 1. The van der Waals surface area contributed by atoms with Crippen LogP contribution in [0.5, 0.6) is 0 Å². The standard InChI is InChI=1S/C25H35F3N2O2/c1-16(2)24(9-6-21(13-24)29-22-8-11-32-15-17(22)3)23(31)30-10-7-18-4-5-20(25(26,27)28)12-19(18)14-30/h4-5,12,16-17,21-22,29H,6-11,13-15H2,1-3H3. The number of halogens is 3. The van der Waals surface area contributed by atoms with Crippen molar-refractivity contribution in [3.8, 4) is 0 Å². The fraction of sp³-hybridized carbons (Fsp3) is 0.720. The second-order valence-electron chi connectivity index (χ2n) is 10.3. The zero-order chi connectivity index (χ0) is 23.1. The van der Waals surface area contributed by atoms with E-state index in [4.69, 9.17) is 4.74 Å². The predicted molar refractivity (Wildman–Crippen MR) is 117 cm³/mol. The van der Waals surface area contributed by atoms with E-state index < -0.39 is 17.2 Å². The summed E-state index contributed by atoms with van der Waals surface area (Å²) in [5.74, 6) is 0.742. The van der Waals surface area contributed by atoms with E-state index in [0.29, 0.717) is 36.5 Å². The van der Waals surface area contributed by atoms with Gasteiger partial charge in [-0.2, -0.15) is 13.2 Å². The quantitative estimate of drug-likeness (QED) is 0.714. The Morgan fingerprint density at radius 3 is 2.72 bits per heavy atom. The zero-order valence-electron chi connectivity index (χ0n) is 19.3. The SMILES string of the molecule is CC1COCCC1NC1CCC(C(=O)N2CCc3ccc(C(F)(F)F)cc3C2)(C(C)C)C1. The third kappa shape index (κ3) is 4.56. The molecule has 2 heterocycles. The van der Waals surface area contributed by atoms with Crippen molar-refractivity contribution < 1.29 is 22.7 Å². The minimum Gasteiger partial charge on any atom is -0.381 e. The molecule has 178 valence electrons. The second kappa shape index (κ2) is 8.98. The van der Waals surface area contributed by atoms with E-state index in [-0.39, 0.29) is 18.4 Å². The molecule has 4 nitrogen and oxygen atoms in total. The molecule has 0 aromatic heterocycles. The van der Waals surface area contributed by atoms with E-state index in [1.54, 1.807) is 6.07 Å². The Kier molecular flexibility index (Phi) is 6.61. The maximum Gasteiger partial charge on any atom is 0.416 e. The first kappa shape index (κ1) is 23.6. The highest BCUT2D eigenvalue weighted by Crippen LogP contribution is 2.47. The Labute approximate surface area is 188 Å². The topological polar surface area (TPSA) is 41.6 Å². The van der Waals surface area contributed by atoms with Gasteiger partial charge >= 0.3 is 6.18 Å². The Morgan fingerprint density at radius 1 is 1.25 bits per heavy atom. The lowest BCUT2D eigenvalue weighted by molar-refractivity contribution is -0.145. The summed E-state index contributed by atoms with van der Waals surface area (Å²) in [5, 5.41) is 3.80. The van der Waals surface area contributed by atoms with Crippen LogP contribution in [-0.4, -0.2) is 42.6 Å². The average Bonchev–Trinajstić information content (AvgIpc) is 3.19. The first-order valence-corrected chi connectivity index (χ1v) is 11.9. The third-order valence-electron chi connectivity index (χ3n) is 8.00. The first-order chi connectivity index (χ1) is 15.1. The lowest BCUT2D eigenvalue weighted by Gasteiger charge is -2.40. The Morgan fingerprint density at radius 2 is 2.03 bits per heavy atom. The number of ether oxygens (including phenoxy) is 1. The van der Waals surface area contributed by atoms with Gasteiger partial charge in [0, 0.05) is 31.8 Å². The van der Waals surface area contributed by atoms with Crippen LogP contribution in [0.4, 0.5) is 13.2 Å². The summed E-state index contributed by atoms with van der Waals surface area (Å²) in [6.45, 7) is 8.80.